The summed E-state index contributed by atoms with van der Waals surface area (Å²) in [5.41, 5.74) is 0.742. The Morgan fingerprint density at radius 2 is 2.36 bits per heavy atom. The normalized spacial score (nSPS) is 10.3. The minimum atomic E-state index is -0.317. The van der Waals surface area contributed by atoms with Crippen LogP contribution in [-0.2, 0) is 16.1 Å². The Balaban J connectivity index is 2.77. The standard InChI is InChI=1S/C8H10BrClN2O2/c1-3-14-6(13)4-12-5(2)7(10)8(9)11-12/h3-4H2,1-2H3. The zero-order valence-electron chi connectivity index (χ0n) is 7.88. The molecule has 0 aliphatic heterocycles. The quantitative estimate of drug-likeness (QED) is 0.798. The smallest absolute Gasteiger partial charge is 0.327 e. The van der Waals surface area contributed by atoms with Crippen molar-refractivity contribution in [2.45, 2.75) is 20.4 Å². The summed E-state index contributed by atoms with van der Waals surface area (Å²) in [6.07, 6.45) is 0. The van der Waals surface area contributed by atoms with Gasteiger partial charge in [0.15, 0.2) is 0 Å². The first-order valence-corrected chi connectivity index (χ1v) is 5.27. The zero-order valence-corrected chi connectivity index (χ0v) is 10.2. The van der Waals surface area contributed by atoms with Gasteiger partial charge in [0.05, 0.1) is 17.3 Å². The fourth-order valence-corrected chi connectivity index (χ4v) is 1.58. The molecule has 1 aromatic heterocycles. The molecule has 0 unspecified atom stereocenters. The molecule has 0 N–H and O–H groups in total. The van der Waals surface area contributed by atoms with Crippen molar-refractivity contribution in [3.63, 3.8) is 0 Å². The Bertz CT molecular complexity index is 351. The zero-order chi connectivity index (χ0) is 10.7. The number of aromatic nitrogens is 2. The summed E-state index contributed by atoms with van der Waals surface area (Å²) in [6.45, 7) is 4.01. The molecule has 6 heteroatoms. The van der Waals surface area contributed by atoms with E-state index >= 15 is 0 Å². The molecule has 0 atom stereocenters. The van der Waals surface area contributed by atoms with Crippen LogP contribution in [0.15, 0.2) is 4.60 Å². The minimum absolute atomic E-state index is 0.0883. The lowest BCUT2D eigenvalue weighted by Crippen LogP contribution is -2.15. The number of esters is 1. The molecule has 0 aromatic carbocycles. The molecule has 1 aromatic rings. The van der Waals surface area contributed by atoms with Crippen molar-refractivity contribution in [2.24, 2.45) is 0 Å². The summed E-state index contributed by atoms with van der Waals surface area (Å²) >= 11 is 9.06. The Morgan fingerprint density at radius 3 is 2.79 bits per heavy atom. The molecule has 0 radical (unpaired) electrons. The van der Waals surface area contributed by atoms with Gasteiger partial charge in [0, 0.05) is 0 Å². The van der Waals surface area contributed by atoms with Crippen LogP contribution in [0.4, 0.5) is 0 Å². The third-order valence-corrected chi connectivity index (χ3v) is 2.91. The molecule has 14 heavy (non-hydrogen) atoms. The van der Waals surface area contributed by atoms with Crippen LogP contribution in [0.25, 0.3) is 0 Å². The van der Waals surface area contributed by atoms with E-state index in [0.29, 0.717) is 16.2 Å². The van der Waals surface area contributed by atoms with Crippen LogP contribution in [0.5, 0.6) is 0 Å². The molecule has 0 amide bonds. The lowest BCUT2D eigenvalue weighted by molar-refractivity contribution is -0.144. The number of carbonyl (C=O) groups is 1. The van der Waals surface area contributed by atoms with Crippen molar-refractivity contribution in [3.8, 4) is 0 Å². The van der Waals surface area contributed by atoms with E-state index in [2.05, 4.69) is 21.0 Å². The van der Waals surface area contributed by atoms with E-state index in [4.69, 9.17) is 16.3 Å². The van der Waals surface area contributed by atoms with E-state index in [0.717, 1.165) is 5.69 Å². The van der Waals surface area contributed by atoms with Gasteiger partial charge in [0.1, 0.15) is 11.1 Å². The minimum Gasteiger partial charge on any atom is -0.465 e. The molecular weight excluding hydrogens is 271 g/mol. The van der Waals surface area contributed by atoms with Crippen LogP contribution in [0.2, 0.25) is 5.02 Å². The first kappa shape index (κ1) is 11.5. The number of halogens is 2. The van der Waals surface area contributed by atoms with Gasteiger partial charge < -0.3 is 4.74 Å². The van der Waals surface area contributed by atoms with E-state index in [9.17, 15) is 4.79 Å². The first-order chi connectivity index (χ1) is 6.56. The number of rotatable bonds is 3. The molecule has 0 aliphatic rings. The Kier molecular flexibility index (Phi) is 3.95. The SMILES string of the molecule is CCOC(=O)Cn1nc(Br)c(Cl)c1C. The first-order valence-electron chi connectivity index (χ1n) is 4.10. The fraction of sp³-hybridized carbons (Fsp3) is 0.500. The van der Waals surface area contributed by atoms with Crippen molar-refractivity contribution in [1.29, 1.82) is 0 Å². The molecule has 1 heterocycles. The summed E-state index contributed by atoms with van der Waals surface area (Å²) in [6, 6.07) is 0. The van der Waals surface area contributed by atoms with Gasteiger partial charge in [-0.15, -0.1) is 0 Å². The highest BCUT2D eigenvalue weighted by Gasteiger charge is 2.13. The van der Waals surface area contributed by atoms with Crippen LogP contribution in [0.1, 0.15) is 12.6 Å². The molecule has 78 valence electrons. The van der Waals surface area contributed by atoms with E-state index in [1.54, 1.807) is 13.8 Å². The molecule has 0 aliphatic carbocycles. The second kappa shape index (κ2) is 4.79. The maximum Gasteiger partial charge on any atom is 0.327 e. The molecule has 0 fully saturated rings. The summed E-state index contributed by atoms with van der Waals surface area (Å²) in [5.74, 6) is -0.317. The number of ether oxygens (including phenoxy) is 1. The molecule has 0 saturated carbocycles. The van der Waals surface area contributed by atoms with E-state index in [-0.39, 0.29) is 12.5 Å². The van der Waals surface area contributed by atoms with Crippen LogP contribution >= 0.6 is 27.5 Å². The molecule has 0 spiro atoms. The summed E-state index contributed by atoms with van der Waals surface area (Å²) in [7, 11) is 0. The van der Waals surface area contributed by atoms with Crippen molar-refractivity contribution in [3.05, 3.63) is 15.3 Å². The Labute approximate surface area is 95.3 Å². The second-order valence-electron chi connectivity index (χ2n) is 2.65. The summed E-state index contributed by atoms with van der Waals surface area (Å²) in [4.78, 5) is 11.1. The maximum absolute atomic E-state index is 11.1. The summed E-state index contributed by atoms with van der Waals surface area (Å²) < 4.78 is 6.84. The van der Waals surface area contributed by atoms with Crippen LogP contribution in [0.3, 0.4) is 0 Å². The largest absolute Gasteiger partial charge is 0.465 e. The molecule has 1 rings (SSSR count). The lowest BCUT2D eigenvalue weighted by atomic mass is 10.5. The second-order valence-corrected chi connectivity index (χ2v) is 3.78. The van der Waals surface area contributed by atoms with E-state index < -0.39 is 0 Å². The topological polar surface area (TPSA) is 44.1 Å². The van der Waals surface area contributed by atoms with Crippen LogP contribution < -0.4 is 0 Å². The molecular formula is C8H10BrClN2O2. The molecule has 0 saturated heterocycles. The lowest BCUT2D eigenvalue weighted by Gasteiger charge is -2.03. The highest BCUT2D eigenvalue weighted by molar-refractivity contribution is 9.10. The van der Waals surface area contributed by atoms with E-state index in [1.807, 2.05) is 0 Å². The average Bonchev–Trinajstić information content (AvgIpc) is 2.34. The van der Waals surface area contributed by atoms with Gasteiger partial charge in [-0.1, -0.05) is 11.6 Å². The Hall–Kier alpha value is -0.550. The van der Waals surface area contributed by atoms with Crippen molar-refractivity contribution in [1.82, 2.24) is 9.78 Å². The van der Waals surface area contributed by atoms with Gasteiger partial charge >= 0.3 is 5.97 Å². The van der Waals surface area contributed by atoms with Gasteiger partial charge in [-0.3, -0.25) is 9.48 Å². The summed E-state index contributed by atoms with van der Waals surface area (Å²) in [5, 5.41) is 4.56. The highest BCUT2D eigenvalue weighted by Crippen LogP contribution is 2.24. The van der Waals surface area contributed by atoms with Gasteiger partial charge in [0.2, 0.25) is 0 Å². The van der Waals surface area contributed by atoms with Gasteiger partial charge in [-0.2, -0.15) is 5.10 Å². The van der Waals surface area contributed by atoms with Crippen molar-refractivity contribution < 1.29 is 9.53 Å². The average molecular weight is 282 g/mol. The van der Waals surface area contributed by atoms with Gasteiger partial charge in [0.25, 0.3) is 0 Å². The van der Waals surface area contributed by atoms with Crippen molar-refractivity contribution >= 4 is 33.5 Å². The van der Waals surface area contributed by atoms with Crippen LogP contribution in [-0.4, -0.2) is 22.4 Å². The molecule has 0 bridgehead atoms. The third kappa shape index (κ3) is 2.48. The predicted molar refractivity (Wildman–Crippen MR) is 56.3 cm³/mol. The number of carbonyl (C=O) groups excluding carboxylic acids is 1. The van der Waals surface area contributed by atoms with Gasteiger partial charge in [-0.05, 0) is 29.8 Å². The predicted octanol–water partition coefficient (Wildman–Crippen LogP) is 2.17. The number of hydrogen-bond acceptors (Lipinski definition) is 3. The molecule has 4 nitrogen and oxygen atoms in total. The number of nitrogens with zero attached hydrogens (tertiary/aromatic N) is 2. The Morgan fingerprint density at radius 1 is 1.71 bits per heavy atom. The monoisotopic (exact) mass is 280 g/mol. The maximum atomic E-state index is 11.1. The van der Waals surface area contributed by atoms with Gasteiger partial charge in [-0.25, -0.2) is 0 Å². The van der Waals surface area contributed by atoms with Crippen LogP contribution in [0, 0.1) is 6.92 Å². The highest BCUT2D eigenvalue weighted by atomic mass is 79.9. The third-order valence-electron chi connectivity index (χ3n) is 1.68. The van der Waals surface area contributed by atoms with E-state index in [1.165, 1.54) is 4.68 Å². The van der Waals surface area contributed by atoms with Crippen molar-refractivity contribution in [2.75, 3.05) is 6.61 Å². The number of hydrogen-bond donors (Lipinski definition) is 0. The fourth-order valence-electron chi connectivity index (χ4n) is 0.970.